The monoisotopic (exact) mass is 347 g/mol. The fourth-order valence-electron chi connectivity index (χ4n) is 2.98. The second kappa shape index (κ2) is 5.60. The van der Waals surface area contributed by atoms with Gasteiger partial charge in [0.05, 0.1) is 17.5 Å². The van der Waals surface area contributed by atoms with Crippen molar-refractivity contribution in [1.82, 2.24) is 0 Å². The van der Waals surface area contributed by atoms with Gasteiger partial charge in [-0.05, 0) is 43.7 Å². The molecule has 0 saturated heterocycles. The van der Waals surface area contributed by atoms with Crippen molar-refractivity contribution in [3.05, 3.63) is 63.9 Å². The highest BCUT2D eigenvalue weighted by atomic mass is 35.5. The lowest BCUT2D eigenvalue weighted by Crippen LogP contribution is -2.36. The van der Waals surface area contributed by atoms with Crippen LogP contribution in [0.15, 0.2) is 36.4 Å². The number of amides is 1. The highest BCUT2D eigenvalue weighted by Crippen LogP contribution is 2.43. The van der Waals surface area contributed by atoms with Gasteiger partial charge < -0.3 is 10.0 Å². The number of carboxylic acid groups (broad SMARTS) is 1. The third kappa shape index (κ3) is 2.45. The van der Waals surface area contributed by atoms with E-state index < -0.39 is 17.2 Å². The van der Waals surface area contributed by atoms with Gasteiger partial charge in [0, 0.05) is 16.3 Å². The summed E-state index contributed by atoms with van der Waals surface area (Å²) >= 11 is 6.06. The van der Waals surface area contributed by atoms with Crippen LogP contribution < -0.4 is 4.90 Å². The average molecular weight is 348 g/mol. The van der Waals surface area contributed by atoms with Crippen LogP contribution in [-0.2, 0) is 16.8 Å². The fourth-order valence-corrected chi connectivity index (χ4v) is 3.20. The lowest BCUT2D eigenvalue weighted by Gasteiger charge is -2.21. The Kier molecular flexibility index (Phi) is 3.84. The van der Waals surface area contributed by atoms with Gasteiger partial charge in [0.1, 0.15) is 5.82 Å². The number of aromatic carboxylic acids is 1. The molecule has 0 fully saturated rings. The molecule has 2 aromatic rings. The van der Waals surface area contributed by atoms with Crippen LogP contribution in [0, 0.1) is 5.82 Å². The van der Waals surface area contributed by atoms with E-state index in [2.05, 4.69) is 0 Å². The molecule has 0 spiro atoms. The second-order valence-corrected chi connectivity index (χ2v) is 6.66. The van der Waals surface area contributed by atoms with Crippen molar-refractivity contribution in [3.8, 4) is 0 Å². The maximum atomic E-state index is 14.1. The molecule has 0 atom stereocenters. The molecule has 1 N–H and O–H groups in total. The molecule has 0 unspecified atom stereocenters. The number of halogens is 2. The molecule has 1 aliphatic heterocycles. The minimum absolute atomic E-state index is 0.0517. The first-order valence-electron chi connectivity index (χ1n) is 7.36. The van der Waals surface area contributed by atoms with Gasteiger partial charge in [0.2, 0.25) is 5.91 Å². The van der Waals surface area contributed by atoms with Gasteiger partial charge in [-0.3, -0.25) is 4.79 Å². The molecule has 2 aromatic carbocycles. The number of carbonyl (C=O) groups is 2. The molecule has 1 aliphatic rings. The molecule has 24 heavy (non-hydrogen) atoms. The van der Waals surface area contributed by atoms with Crippen LogP contribution in [0.4, 0.5) is 10.1 Å². The van der Waals surface area contributed by atoms with Crippen molar-refractivity contribution < 1.29 is 19.1 Å². The largest absolute Gasteiger partial charge is 0.478 e. The van der Waals surface area contributed by atoms with E-state index in [9.17, 15) is 19.1 Å². The SMILES string of the molecule is CC1(C)C(=O)N(Cc2c(F)cccc2Cl)c2cc(C(=O)O)ccc21. The molecular formula is C18H15ClFNO3. The molecule has 4 nitrogen and oxygen atoms in total. The van der Waals surface area contributed by atoms with E-state index in [0.717, 1.165) is 0 Å². The lowest BCUT2D eigenvalue weighted by atomic mass is 9.86. The summed E-state index contributed by atoms with van der Waals surface area (Å²) in [6.07, 6.45) is 0. The maximum absolute atomic E-state index is 14.1. The van der Waals surface area contributed by atoms with Crippen LogP contribution in [0.3, 0.4) is 0 Å². The van der Waals surface area contributed by atoms with E-state index in [4.69, 9.17) is 11.6 Å². The molecule has 0 saturated carbocycles. The number of carboxylic acids is 1. The molecule has 6 heteroatoms. The number of benzene rings is 2. The molecule has 1 heterocycles. The summed E-state index contributed by atoms with van der Waals surface area (Å²) < 4.78 is 14.1. The maximum Gasteiger partial charge on any atom is 0.335 e. The van der Waals surface area contributed by atoms with Gasteiger partial charge in [-0.25, -0.2) is 9.18 Å². The first-order valence-corrected chi connectivity index (χ1v) is 7.74. The Morgan fingerprint density at radius 3 is 2.62 bits per heavy atom. The number of nitrogens with zero attached hydrogens (tertiary/aromatic N) is 1. The van der Waals surface area contributed by atoms with Crippen molar-refractivity contribution in [3.63, 3.8) is 0 Å². The van der Waals surface area contributed by atoms with Crippen LogP contribution in [0.1, 0.15) is 35.3 Å². The Morgan fingerprint density at radius 2 is 2.00 bits per heavy atom. The van der Waals surface area contributed by atoms with Gasteiger partial charge in [0.25, 0.3) is 0 Å². The van der Waals surface area contributed by atoms with E-state index in [1.165, 1.54) is 29.2 Å². The van der Waals surface area contributed by atoms with Crippen LogP contribution in [0.25, 0.3) is 0 Å². The molecule has 124 valence electrons. The molecule has 1 amide bonds. The Hall–Kier alpha value is -2.40. The smallest absolute Gasteiger partial charge is 0.335 e. The molecular weight excluding hydrogens is 333 g/mol. The van der Waals surface area contributed by atoms with Crippen LogP contribution in [0.5, 0.6) is 0 Å². The number of hydrogen-bond acceptors (Lipinski definition) is 2. The Bertz CT molecular complexity index is 843. The topological polar surface area (TPSA) is 57.6 Å². The van der Waals surface area contributed by atoms with Gasteiger partial charge in [-0.1, -0.05) is 23.7 Å². The minimum Gasteiger partial charge on any atom is -0.478 e. The van der Waals surface area contributed by atoms with Gasteiger partial charge in [-0.2, -0.15) is 0 Å². The summed E-state index contributed by atoms with van der Waals surface area (Å²) in [5.41, 5.74) is 0.652. The van der Waals surface area contributed by atoms with Crippen molar-refractivity contribution in [1.29, 1.82) is 0 Å². The molecule has 0 aromatic heterocycles. The highest BCUT2D eigenvalue weighted by Gasteiger charge is 2.44. The van der Waals surface area contributed by atoms with Crippen molar-refractivity contribution in [2.75, 3.05) is 4.90 Å². The first kappa shape index (κ1) is 16.5. The van der Waals surface area contributed by atoms with Gasteiger partial charge >= 0.3 is 5.97 Å². The van der Waals surface area contributed by atoms with Crippen LogP contribution in [0.2, 0.25) is 5.02 Å². The fraction of sp³-hybridized carbons (Fsp3) is 0.222. The predicted octanol–water partition coefficient (Wildman–Crippen LogP) is 4.00. The van der Waals surface area contributed by atoms with E-state index in [0.29, 0.717) is 11.3 Å². The van der Waals surface area contributed by atoms with E-state index >= 15 is 0 Å². The molecule has 0 bridgehead atoms. The van der Waals surface area contributed by atoms with E-state index in [-0.39, 0.29) is 28.6 Å². The predicted molar refractivity (Wildman–Crippen MR) is 89.0 cm³/mol. The van der Waals surface area contributed by atoms with Crippen LogP contribution in [-0.4, -0.2) is 17.0 Å². The Morgan fingerprint density at radius 1 is 1.29 bits per heavy atom. The Labute approximate surface area is 143 Å². The first-order chi connectivity index (χ1) is 11.2. The summed E-state index contributed by atoms with van der Waals surface area (Å²) in [6, 6.07) is 8.88. The second-order valence-electron chi connectivity index (χ2n) is 6.25. The number of fused-ring (bicyclic) bond motifs is 1. The zero-order valence-electron chi connectivity index (χ0n) is 13.1. The van der Waals surface area contributed by atoms with Gasteiger partial charge in [0.15, 0.2) is 0 Å². The highest BCUT2D eigenvalue weighted by molar-refractivity contribution is 6.31. The van der Waals surface area contributed by atoms with E-state index in [1.54, 1.807) is 26.0 Å². The summed E-state index contributed by atoms with van der Waals surface area (Å²) in [7, 11) is 0. The average Bonchev–Trinajstić information content (AvgIpc) is 2.71. The molecule has 0 radical (unpaired) electrons. The van der Waals surface area contributed by atoms with Crippen LogP contribution >= 0.6 is 11.6 Å². The third-order valence-electron chi connectivity index (χ3n) is 4.37. The summed E-state index contributed by atoms with van der Waals surface area (Å²) in [6.45, 7) is 3.47. The summed E-state index contributed by atoms with van der Waals surface area (Å²) in [5.74, 6) is -1.81. The quantitative estimate of drug-likeness (QED) is 0.913. The van der Waals surface area contributed by atoms with Crippen molar-refractivity contribution >= 4 is 29.2 Å². The number of rotatable bonds is 3. The zero-order valence-corrected chi connectivity index (χ0v) is 13.9. The summed E-state index contributed by atoms with van der Waals surface area (Å²) in [4.78, 5) is 25.4. The lowest BCUT2D eigenvalue weighted by molar-refractivity contribution is -0.122. The molecule has 0 aliphatic carbocycles. The standard InChI is InChI=1S/C18H15ClFNO3/c1-18(2)12-7-6-10(16(22)23)8-15(12)21(17(18)24)9-11-13(19)4-3-5-14(11)20/h3-8H,9H2,1-2H3,(H,22,23). The van der Waals surface area contributed by atoms with Crippen molar-refractivity contribution in [2.24, 2.45) is 0 Å². The molecule has 3 rings (SSSR count). The zero-order chi connectivity index (χ0) is 17.6. The number of carbonyl (C=O) groups excluding carboxylic acids is 1. The van der Waals surface area contributed by atoms with Gasteiger partial charge in [-0.15, -0.1) is 0 Å². The summed E-state index contributed by atoms with van der Waals surface area (Å²) in [5, 5.41) is 9.42. The number of anilines is 1. The van der Waals surface area contributed by atoms with Crippen molar-refractivity contribution in [2.45, 2.75) is 25.8 Å². The normalized spacial score (nSPS) is 15.5. The van der Waals surface area contributed by atoms with E-state index in [1.807, 2.05) is 0 Å². The Balaban J connectivity index is 2.11. The third-order valence-corrected chi connectivity index (χ3v) is 4.72. The number of hydrogen-bond donors (Lipinski definition) is 1. The minimum atomic E-state index is -1.08.